The standard InChI is InChI=1S/C17H18Cl2N2O3S/c1-11(13-6-4-5-7-14(13)18)20-17(22)12-8-9-15(19)16(10-12)25(23,24)21(2)3/h4-11H,1-3H3,(H,20,22). The molecule has 1 atom stereocenters. The number of sulfonamides is 1. The largest absolute Gasteiger partial charge is 0.345 e. The number of amides is 1. The molecule has 0 aliphatic rings. The number of benzene rings is 2. The van der Waals surface area contributed by atoms with Gasteiger partial charge in [-0.3, -0.25) is 4.79 Å². The summed E-state index contributed by atoms with van der Waals surface area (Å²) in [6, 6.07) is 11.0. The van der Waals surface area contributed by atoms with Gasteiger partial charge in [0.2, 0.25) is 10.0 Å². The second kappa shape index (κ2) is 7.74. The minimum absolute atomic E-state index is 0.0596. The van der Waals surface area contributed by atoms with Crippen molar-refractivity contribution in [1.29, 1.82) is 0 Å². The van der Waals surface area contributed by atoms with Crippen LogP contribution in [0.4, 0.5) is 0 Å². The Hall–Kier alpha value is -1.60. The summed E-state index contributed by atoms with van der Waals surface area (Å²) in [6.07, 6.45) is 0. The third-order valence-corrected chi connectivity index (χ3v) is 6.31. The zero-order chi connectivity index (χ0) is 18.8. The Labute approximate surface area is 157 Å². The molecule has 1 unspecified atom stereocenters. The fraction of sp³-hybridized carbons (Fsp3) is 0.235. The predicted molar refractivity (Wildman–Crippen MR) is 99.7 cm³/mol. The Morgan fingerprint density at radius 2 is 1.72 bits per heavy atom. The first kappa shape index (κ1) is 19.7. The van der Waals surface area contributed by atoms with Gasteiger partial charge in [-0.2, -0.15) is 0 Å². The number of carbonyl (C=O) groups is 1. The van der Waals surface area contributed by atoms with Gasteiger partial charge in [-0.1, -0.05) is 41.4 Å². The Morgan fingerprint density at radius 1 is 1.08 bits per heavy atom. The molecule has 0 fully saturated rings. The smallest absolute Gasteiger partial charge is 0.251 e. The van der Waals surface area contributed by atoms with E-state index in [1.165, 1.54) is 32.3 Å². The molecule has 2 aromatic rings. The van der Waals surface area contributed by atoms with Crippen molar-refractivity contribution in [2.75, 3.05) is 14.1 Å². The Bertz CT molecular complexity index is 899. The van der Waals surface area contributed by atoms with Gasteiger partial charge in [0.15, 0.2) is 0 Å². The highest BCUT2D eigenvalue weighted by molar-refractivity contribution is 7.89. The van der Waals surface area contributed by atoms with Crippen molar-refractivity contribution in [2.24, 2.45) is 0 Å². The molecule has 134 valence electrons. The van der Waals surface area contributed by atoms with Crippen LogP contribution in [0.15, 0.2) is 47.4 Å². The van der Waals surface area contributed by atoms with E-state index in [0.29, 0.717) is 5.02 Å². The fourth-order valence-electron chi connectivity index (χ4n) is 2.22. The molecule has 1 N–H and O–H groups in total. The average molecular weight is 401 g/mol. The van der Waals surface area contributed by atoms with Crippen LogP contribution in [0.1, 0.15) is 28.9 Å². The Morgan fingerprint density at radius 3 is 2.32 bits per heavy atom. The second-order valence-corrected chi connectivity index (χ2v) is 8.58. The van der Waals surface area contributed by atoms with Gasteiger partial charge in [-0.05, 0) is 36.8 Å². The molecule has 8 heteroatoms. The maximum Gasteiger partial charge on any atom is 0.251 e. The molecule has 0 aliphatic heterocycles. The Kier molecular flexibility index (Phi) is 6.11. The number of hydrogen-bond donors (Lipinski definition) is 1. The van der Waals surface area contributed by atoms with E-state index in [4.69, 9.17) is 23.2 Å². The number of nitrogens with one attached hydrogen (secondary N) is 1. The lowest BCUT2D eigenvalue weighted by atomic mass is 10.1. The summed E-state index contributed by atoms with van der Waals surface area (Å²) in [4.78, 5) is 12.4. The monoisotopic (exact) mass is 400 g/mol. The summed E-state index contributed by atoms with van der Waals surface area (Å²) < 4.78 is 25.7. The highest BCUT2D eigenvalue weighted by Gasteiger charge is 2.23. The van der Waals surface area contributed by atoms with Crippen LogP contribution in [0.3, 0.4) is 0 Å². The van der Waals surface area contributed by atoms with E-state index in [1.54, 1.807) is 19.1 Å². The molecule has 0 aliphatic carbocycles. The van der Waals surface area contributed by atoms with Gasteiger partial charge < -0.3 is 5.32 Å². The summed E-state index contributed by atoms with van der Waals surface area (Å²) in [7, 11) is -0.949. The van der Waals surface area contributed by atoms with E-state index < -0.39 is 15.9 Å². The van der Waals surface area contributed by atoms with E-state index in [-0.39, 0.29) is 21.5 Å². The van der Waals surface area contributed by atoms with Gasteiger partial charge >= 0.3 is 0 Å². The highest BCUT2D eigenvalue weighted by atomic mass is 35.5. The molecular formula is C17H18Cl2N2O3S. The fourth-order valence-corrected chi connectivity index (χ4v) is 3.92. The highest BCUT2D eigenvalue weighted by Crippen LogP contribution is 2.26. The topological polar surface area (TPSA) is 66.5 Å². The van der Waals surface area contributed by atoms with Gasteiger partial charge in [0, 0.05) is 24.7 Å². The van der Waals surface area contributed by atoms with E-state index in [2.05, 4.69) is 5.32 Å². The van der Waals surface area contributed by atoms with Crippen LogP contribution in [0.2, 0.25) is 10.0 Å². The van der Waals surface area contributed by atoms with Crippen molar-refractivity contribution >= 4 is 39.1 Å². The van der Waals surface area contributed by atoms with Crippen molar-refractivity contribution in [1.82, 2.24) is 9.62 Å². The average Bonchev–Trinajstić information content (AvgIpc) is 2.55. The molecule has 0 bridgehead atoms. The molecule has 0 radical (unpaired) electrons. The van der Waals surface area contributed by atoms with Crippen LogP contribution in [-0.4, -0.2) is 32.7 Å². The summed E-state index contributed by atoms with van der Waals surface area (Å²) in [5, 5.41) is 3.41. The lowest BCUT2D eigenvalue weighted by Crippen LogP contribution is -2.27. The first-order valence-electron chi connectivity index (χ1n) is 7.42. The molecule has 0 spiro atoms. The first-order chi connectivity index (χ1) is 11.6. The first-order valence-corrected chi connectivity index (χ1v) is 9.61. The third-order valence-electron chi connectivity index (χ3n) is 3.67. The number of carbonyl (C=O) groups excluding carboxylic acids is 1. The lowest BCUT2D eigenvalue weighted by Gasteiger charge is -2.17. The van der Waals surface area contributed by atoms with Gasteiger partial charge in [0.05, 0.1) is 11.1 Å². The van der Waals surface area contributed by atoms with Crippen LogP contribution in [0, 0.1) is 0 Å². The summed E-state index contributed by atoms with van der Waals surface area (Å²) in [5.74, 6) is -0.417. The molecule has 2 aromatic carbocycles. The predicted octanol–water partition coefficient (Wildman–Crippen LogP) is 3.73. The minimum Gasteiger partial charge on any atom is -0.345 e. The van der Waals surface area contributed by atoms with Crippen molar-refractivity contribution < 1.29 is 13.2 Å². The zero-order valence-electron chi connectivity index (χ0n) is 14.0. The van der Waals surface area contributed by atoms with E-state index in [0.717, 1.165) is 9.87 Å². The van der Waals surface area contributed by atoms with Crippen molar-refractivity contribution in [3.05, 3.63) is 63.6 Å². The van der Waals surface area contributed by atoms with E-state index in [1.807, 2.05) is 12.1 Å². The molecular weight excluding hydrogens is 383 g/mol. The van der Waals surface area contributed by atoms with Crippen LogP contribution < -0.4 is 5.32 Å². The number of hydrogen-bond acceptors (Lipinski definition) is 3. The normalized spacial score (nSPS) is 12.9. The molecule has 0 aromatic heterocycles. The van der Waals surface area contributed by atoms with Crippen LogP contribution in [0.25, 0.3) is 0 Å². The molecule has 25 heavy (non-hydrogen) atoms. The van der Waals surface area contributed by atoms with Crippen molar-refractivity contribution in [3.8, 4) is 0 Å². The van der Waals surface area contributed by atoms with Crippen LogP contribution >= 0.6 is 23.2 Å². The van der Waals surface area contributed by atoms with E-state index in [9.17, 15) is 13.2 Å². The molecule has 1 amide bonds. The number of nitrogens with zero attached hydrogens (tertiary/aromatic N) is 1. The molecule has 0 saturated carbocycles. The SMILES string of the molecule is CC(NC(=O)c1ccc(Cl)c(S(=O)(=O)N(C)C)c1)c1ccccc1Cl. The summed E-state index contributed by atoms with van der Waals surface area (Å²) >= 11 is 12.1. The van der Waals surface area contributed by atoms with Crippen LogP contribution in [0.5, 0.6) is 0 Å². The minimum atomic E-state index is -3.75. The quantitative estimate of drug-likeness (QED) is 0.830. The summed E-state index contributed by atoms with van der Waals surface area (Å²) in [6.45, 7) is 1.80. The lowest BCUT2D eigenvalue weighted by molar-refractivity contribution is 0.0939. The number of rotatable bonds is 5. The number of halogens is 2. The molecule has 0 saturated heterocycles. The van der Waals surface area contributed by atoms with Gasteiger partial charge in [0.25, 0.3) is 5.91 Å². The van der Waals surface area contributed by atoms with Gasteiger partial charge in [-0.15, -0.1) is 0 Å². The Balaban J connectivity index is 2.30. The van der Waals surface area contributed by atoms with Crippen molar-refractivity contribution in [3.63, 3.8) is 0 Å². The van der Waals surface area contributed by atoms with Crippen LogP contribution in [-0.2, 0) is 10.0 Å². The summed E-state index contributed by atoms with van der Waals surface area (Å²) in [5.41, 5.74) is 0.969. The van der Waals surface area contributed by atoms with Gasteiger partial charge in [0.1, 0.15) is 4.90 Å². The molecule has 2 rings (SSSR count). The maximum atomic E-state index is 12.5. The molecule has 0 heterocycles. The van der Waals surface area contributed by atoms with E-state index >= 15 is 0 Å². The molecule has 5 nitrogen and oxygen atoms in total. The second-order valence-electron chi connectivity index (χ2n) is 5.65. The van der Waals surface area contributed by atoms with Crippen molar-refractivity contribution in [2.45, 2.75) is 17.9 Å². The maximum absolute atomic E-state index is 12.5. The third kappa shape index (κ3) is 4.33. The zero-order valence-corrected chi connectivity index (χ0v) is 16.3. The van der Waals surface area contributed by atoms with Gasteiger partial charge in [-0.25, -0.2) is 12.7 Å².